The molecule has 0 aliphatic heterocycles. The van der Waals surface area contributed by atoms with Crippen LogP contribution in [-0.2, 0) is 19.4 Å². The predicted octanol–water partition coefficient (Wildman–Crippen LogP) is 3.80. The normalized spacial score (nSPS) is 17.0. The lowest BCUT2D eigenvalue weighted by Gasteiger charge is -2.25. The number of nitrogens with zero attached hydrogens (tertiary/aromatic N) is 4. The molecule has 7 heteroatoms. The van der Waals surface area contributed by atoms with Crippen LogP contribution in [0.4, 0.5) is 0 Å². The number of nitrogens with two attached hydrogens (primary N) is 2. The van der Waals surface area contributed by atoms with Gasteiger partial charge in [0.15, 0.2) is 0 Å². The molecular weight excluding hydrogens is 396 g/mol. The van der Waals surface area contributed by atoms with E-state index in [0.29, 0.717) is 6.42 Å². The molecule has 0 amide bonds. The van der Waals surface area contributed by atoms with E-state index in [0.717, 1.165) is 52.6 Å². The first-order chi connectivity index (χ1) is 14.5. The van der Waals surface area contributed by atoms with E-state index in [1.807, 2.05) is 31.2 Å². The van der Waals surface area contributed by atoms with Gasteiger partial charge in [-0.15, -0.1) is 5.10 Å². The highest BCUT2D eigenvalue weighted by molar-refractivity contribution is 6.31. The van der Waals surface area contributed by atoms with Gasteiger partial charge in [-0.3, -0.25) is 4.68 Å². The number of benzene rings is 2. The number of rotatable bonds is 5. The Morgan fingerprint density at radius 1 is 1.10 bits per heavy atom. The van der Waals surface area contributed by atoms with E-state index < -0.39 is 0 Å². The molecule has 1 heterocycles. The average Bonchev–Trinajstić information content (AvgIpc) is 3.07. The monoisotopic (exact) mass is 420 g/mol. The molecule has 0 radical (unpaired) electrons. The summed E-state index contributed by atoms with van der Waals surface area (Å²) in [4.78, 5) is 0. The molecule has 4 rings (SSSR count). The van der Waals surface area contributed by atoms with Gasteiger partial charge in [0.1, 0.15) is 0 Å². The predicted molar refractivity (Wildman–Crippen MR) is 122 cm³/mol. The van der Waals surface area contributed by atoms with Crippen LogP contribution in [0.1, 0.15) is 40.4 Å². The second-order valence-electron chi connectivity index (χ2n) is 7.56. The summed E-state index contributed by atoms with van der Waals surface area (Å²) in [6, 6.07) is 18.4. The molecule has 30 heavy (non-hydrogen) atoms. The van der Waals surface area contributed by atoms with E-state index in [-0.39, 0.29) is 11.9 Å². The fraction of sp³-hybridized carbons (Fsp3) is 0.261. The molecule has 154 valence electrons. The maximum Gasteiger partial charge on any atom is 0.211 e. The smallest absolute Gasteiger partial charge is 0.211 e. The van der Waals surface area contributed by atoms with Crippen LogP contribution >= 0.6 is 11.6 Å². The van der Waals surface area contributed by atoms with Crippen LogP contribution in [-0.4, -0.2) is 21.5 Å². The first kappa shape index (κ1) is 20.2. The van der Waals surface area contributed by atoms with E-state index >= 15 is 0 Å². The van der Waals surface area contributed by atoms with Crippen molar-refractivity contribution in [2.24, 2.45) is 21.7 Å². The Labute approximate surface area is 181 Å². The largest absolute Gasteiger partial charge is 0.369 e. The van der Waals surface area contributed by atoms with E-state index in [2.05, 4.69) is 45.2 Å². The minimum absolute atomic E-state index is 0.0574. The van der Waals surface area contributed by atoms with Gasteiger partial charge in [0.25, 0.3) is 0 Å². The second-order valence-corrected chi connectivity index (χ2v) is 7.97. The highest BCUT2D eigenvalue weighted by Gasteiger charge is 2.31. The first-order valence-electron chi connectivity index (χ1n) is 10.0. The van der Waals surface area contributed by atoms with Crippen LogP contribution in [0.3, 0.4) is 0 Å². The summed E-state index contributed by atoms with van der Waals surface area (Å²) in [5, 5.41) is 13.9. The Morgan fingerprint density at radius 3 is 2.57 bits per heavy atom. The summed E-state index contributed by atoms with van der Waals surface area (Å²) in [5.41, 5.74) is 17.5. The Balaban J connectivity index is 1.72. The number of fused-ring (bicyclic) bond motifs is 1. The van der Waals surface area contributed by atoms with Crippen LogP contribution in [0.15, 0.2) is 64.8 Å². The molecule has 6 nitrogen and oxygen atoms in total. The van der Waals surface area contributed by atoms with Crippen LogP contribution in [0.5, 0.6) is 0 Å². The van der Waals surface area contributed by atoms with E-state index in [4.69, 9.17) is 28.2 Å². The molecule has 4 N–H and O–H groups in total. The molecule has 0 fully saturated rings. The third-order valence-corrected chi connectivity index (χ3v) is 5.83. The number of guanidine groups is 1. The molecule has 0 saturated carbocycles. The van der Waals surface area contributed by atoms with Crippen molar-refractivity contribution in [3.8, 4) is 0 Å². The summed E-state index contributed by atoms with van der Waals surface area (Å²) in [6.45, 7) is 2.81. The fourth-order valence-corrected chi connectivity index (χ4v) is 4.44. The number of aryl methyl sites for hydroxylation is 3. The van der Waals surface area contributed by atoms with Crippen molar-refractivity contribution >= 4 is 23.3 Å². The zero-order chi connectivity index (χ0) is 21.1. The van der Waals surface area contributed by atoms with Gasteiger partial charge in [0.05, 0.1) is 11.4 Å². The summed E-state index contributed by atoms with van der Waals surface area (Å²) < 4.78 is 2.10. The van der Waals surface area contributed by atoms with E-state index in [9.17, 15) is 0 Å². The van der Waals surface area contributed by atoms with Crippen LogP contribution in [0, 0.1) is 6.92 Å². The van der Waals surface area contributed by atoms with Gasteiger partial charge in [-0.2, -0.15) is 10.2 Å². The fourth-order valence-electron chi connectivity index (χ4n) is 4.15. The molecule has 0 bridgehead atoms. The van der Waals surface area contributed by atoms with Crippen molar-refractivity contribution in [2.75, 3.05) is 0 Å². The molecule has 3 aromatic rings. The molecule has 1 aromatic heterocycles. The second kappa shape index (κ2) is 8.71. The van der Waals surface area contributed by atoms with Crippen molar-refractivity contribution in [3.63, 3.8) is 0 Å². The lowest BCUT2D eigenvalue weighted by Crippen LogP contribution is -2.24. The molecule has 1 aliphatic carbocycles. The third kappa shape index (κ3) is 4.24. The standard InChI is InChI=1S/C23H25ClN6/c1-15-22-20(27-28-23(25)26)13-17(18-9-5-6-10-19(18)24)14-21(22)30(29-15)12-11-16-7-3-2-4-8-16/h2-10,17H,11-14H2,1H3,(H4,25,26,28). The molecule has 1 unspecified atom stereocenters. The van der Waals surface area contributed by atoms with Crippen molar-refractivity contribution in [3.05, 3.63) is 87.7 Å². The van der Waals surface area contributed by atoms with Gasteiger partial charge >= 0.3 is 0 Å². The quantitative estimate of drug-likeness (QED) is 0.373. The molecule has 1 atom stereocenters. The number of hydrogen-bond acceptors (Lipinski definition) is 3. The zero-order valence-electron chi connectivity index (χ0n) is 16.9. The van der Waals surface area contributed by atoms with Crippen molar-refractivity contribution in [1.29, 1.82) is 0 Å². The number of aromatic nitrogens is 2. The highest BCUT2D eigenvalue weighted by Crippen LogP contribution is 2.37. The topological polar surface area (TPSA) is 94.6 Å². The minimum Gasteiger partial charge on any atom is -0.369 e. The van der Waals surface area contributed by atoms with Crippen LogP contribution in [0.25, 0.3) is 0 Å². The molecular formula is C23H25ClN6. The van der Waals surface area contributed by atoms with Crippen molar-refractivity contribution in [2.45, 2.75) is 38.6 Å². The van der Waals surface area contributed by atoms with E-state index in [1.54, 1.807) is 0 Å². The molecule has 0 spiro atoms. The van der Waals surface area contributed by atoms with Gasteiger partial charge in [-0.1, -0.05) is 60.1 Å². The Kier molecular flexibility index (Phi) is 5.86. The van der Waals surface area contributed by atoms with Crippen LogP contribution in [0.2, 0.25) is 5.02 Å². The summed E-state index contributed by atoms with van der Waals surface area (Å²) in [6.07, 6.45) is 2.46. The Hall–Kier alpha value is -3.12. The summed E-state index contributed by atoms with van der Waals surface area (Å²) in [5.74, 6) is 0.128. The maximum atomic E-state index is 6.52. The molecule has 1 aliphatic rings. The Morgan fingerprint density at radius 2 is 1.83 bits per heavy atom. The summed E-state index contributed by atoms with van der Waals surface area (Å²) in [7, 11) is 0. The van der Waals surface area contributed by atoms with Crippen molar-refractivity contribution < 1.29 is 0 Å². The number of halogens is 1. The zero-order valence-corrected chi connectivity index (χ0v) is 17.7. The minimum atomic E-state index is -0.0574. The van der Waals surface area contributed by atoms with Crippen molar-refractivity contribution in [1.82, 2.24) is 9.78 Å². The lowest BCUT2D eigenvalue weighted by molar-refractivity contribution is 0.554. The van der Waals surface area contributed by atoms with E-state index in [1.165, 1.54) is 5.56 Å². The van der Waals surface area contributed by atoms with Gasteiger partial charge < -0.3 is 11.5 Å². The Bertz CT molecular complexity index is 1100. The summed E-state index contributed by atoms with van der Waals surface area (Å²) >= 11 is 6.52. The molecule has 0 saturated heterocycles. The third-order valence-electron chi connectivity index (χ3n) is 5.49. The van der Waals surface area contributed by atoms with Gasteiger partial charge in [0, 0.05) is 22.8 Å². The van der Waals surface area contributed by atoms with Gasteiger partial charge in [-0.25, -0.2) is 0 Å². The van der Waals surface area contributed by atoms with Gasteiger partial charge in [-0.05, 0) is 49.3 Å². The van der Waals surface area contributed by atoms with Crippen LogP contribution < -0.4 is 11.5 Å². The maximum absolute atomic E-state index is 6.52. The highest BCUT2D eigenvalue weighted by atomic mass is 35.5. The SMILES string of the molecule is Cc1nn(CCc2ccccc2)c2c1C(=NN=C(N)N)CC(c1ccccc1Cl)C2. The average molecular weight is 421 g/mol. The molecule has 2 aromatic carbocycles. The lowest BCUT2D eigenvalue weighted by atomic mass is 9.81. The number of hydrogen-bond donors (Lipinski definition) is 2. The van der Waals surface area contributed by atoms with Gasteiger partial charge in [0.2, 0.25) is 5.96 Å². The first-order valence-corrected chi connectivity index (χ1v) is 10.4.